The van der Waals surface area contributed by atoms with Gasteiger partial charge in [-0.1, -0.05) is 0 Å². The molecule has 2 aromatic heterocycles. The number of ether oxygens (including phenoxy) is 3. The maximum atomic E-state index is 14.2. The second-order valence-corrected chi connectivity index (χ2v) is 9.74. The highest BCUT2D eigenvalue weighted by Gasteiger charge is 2.28. The van der Waals surface area contributed by atoms with Crippen LogP contribution in [0.2, 0.25) is 0 Å². The van der Waals surface area contributed by atoms with Crippen LogP contribution in [0, 0.1) is 0 Å². The molecule has 11 heteroatoms. The van der Waals surface area contributed by atoms with E-state index in [4.69, 9.17) is 23.0 Å². The quantitative estimate of drug-likeness (QED) is 0.185. The zero-order chi connectivity index (χ0) is 31.3. The van der Waals surface area contributed by atoms with Crippen molar-refractivity contribution in [2.75, 3.05) is 21.3 Å². The fraction of sp³-hybridized carbons (Fsp3) is 0.0909. The predicted molar refractivity (Wildman–Crippen MR) is 161 cm³/mol. The minimum absolute atomic E-state index is 0.0340. The van der Waals surface area contributed by atoms with Crippen molar-refractivity contribution in [1.29, 1.82) is 0 Å². The fourth-order valence-electron chi connectivity index (χ4n) is 5.11. The first-order chi connectivity index (χ1) is 21.1. The van der Waals surface area contributed by atoms with Crippen LogP contribution in [-0.2, 0) is 0 Å². The van der Waals surface area contributed by atoms with Gasteiger partial charge in [-0.05, 0) is 42.5 Å². The Morgan fingerprint density at radius 3 is 1.98 bits per heavy atom. The fourth-order valence-corrected chi connectivity index (χ4v) is 5.11. The minimum Gasteiger partial charge on any atom is -0.508 e. The van der Waals surface area contributed by atoms with Gasteiger partial charge in [0.05, 0.1) is 32.5 Å². The lowest BCUT2D eigenvalue weighted by molar-refractivity contribution is 0.373. The molecule has 2 heterocycles. The monoisotopic (exact) mass is 596 g/mol. The van der Waals surface area contributed by atoms with Crippen LogP contribution in [0.5, 0.6) is 40.2 Å². The van der Waals surface area contributed by atoms with Gasteiger partial charge in [-0.2, -0.15) is 0 Å². The van der Waals surface area contributed by atoms with Gasteiger partial charge in [0.2, 0.25) is 5.43 Å². The highest BCUT2D eigenvalue weighted by Crippen LogP contribution is 2.47. The third-order valence-corrected chi connectivity index (χ3v) is 7.20. The summed E-state index contributed by atoms with van der Waals surface area (Å²) in [7, 11) is 4.15. The molecule has 0 atom stereocenters. The number of rotatable bonds is 6. The van der Waals surface area contributed by atoms with E-state index in [1.807, 2.05) is 0 Å². The summed E-state index contributed by atoms with van der Waals surface area (Å²) in [5, 5.41) is 42.8. The molecule has 11 nitrogen and oxygen atoms in total. The van der Waals surface area contributed by atoms with Gasteiger partial charge in [0.25, 0.3) is 0 Å². The number of fused-ring (bicyclic) bond motifs is 2. The highest BCUT2D eigenvalue weighted by molar-refractivity contribution is 6.01. The van der Waals surface area contributed by atoms with Crippen LogP contribution in [-0.4, -0.2) is 41.8 Å². The normalized spacial score (nSPS) is 11.2. The van der Waals surface area contributed by atoms with E-state index in [2.05, 4.69) is 0 Å². The zero-order valence-corrected chi connectivity index (χ0v) is 23.5. The third kappa shape index (κ3) is 4.47. The first-order valence-electron chi connectivity index (χ1n) is 13.1. The summed E-state index contributed by atoms with van der Waals surface area (Å²) >= 11 is 0. The summed E-state index contributed by atoms with van der Waals surface area (Å²) in [4.78, 5) is 27.6. The first-order valence-corrected chi connectivity index (χ1v) is 13.1. The third-order valence-electron chi connectivity index (χ3n) is 7.20. The molecular weight excluding hydrogens is 572 g/mol. The van der Waals surface area contributed by atoms with E-state index < -0.39 is 27.9 Å². The van der Waals surface area contributed by atoms with Gasteiger partial charge in [0, 0.05) is 35.4 Å². The topological polar surface area (TPSA) is 169 Å². The number of phenolic OH excluding ortho intramolecular Hbond substituents is 4. The molecule has 4 aromatic carbocycles. The first kappa shape index (κ1) is 28.0. The average molecular weight is 597 g/mol. The van der Waals surface area contributed by atoms with E-state index in [1.54, 1.807) is 24.3 Å². The summed E-state index contributed by atoms with van der Waals surface area (Å²) in [5.74, 6) is -1.16. The van der Waals surface area contributed by atoms with Crippen LogP contribution in [0.25, 0.3) is 55.7 Å². The van der Waals surface area contributed by atoms with Gasteiger partial charge in [0.15, 0.2) is 16.9 Å². The molecule has 0 amide bonds. The summed E-state index contributed by atoms with van der Waals surface area (Å²) in [6.07, 6.45) is 0. The number of hydrogen-bond donors (Lipinski definition) is 4. The Hall–Kier alpha value is -6.10. The Bertz CT molecular complexity index is 2210. The summed E-state index contributed by atoms with van der Waals surface area (Å²) in [6.45, 7) is 0. The molecule has 222 valence electrons. The molecule has 0 aliphatic heterocycles. The van der Waals surface area contributed by atoms with E-state index in [1.165, 1.54) is 57.7 Å². The minimum atomic E-state index is -0.755. The molecule has 0 radical (unpaired) electrons. The second-order valence-electron chi connectivity index (χ2n) is 9.74. The Morgan fingerprint density at radius 2 is 1.30 bits per heavy atom. The van der Waals surface area contributed by atoms with Crippen molar-refractivity contribution in [3.8, 4) is 74.0 Å². The maximum absolute atomic E-state index is 14.2. The van der Waals surface area contributed by atoms with Crippen LogP contribution < -0.4 is 25.1 Å². The van der Waals surface area contributed by atoms with Crippen molar-refractivity contribution in [3.05, 3.63) is 87.2 Å². The second kappa shape index (κ2) is 10.6. The van der Waals surface area contributed by atoms with E-state index >= 15 is 0 Å². The molecule has 0 saturated carbocycles. The SMILES string of the molecule is COc1ccc(-c2cc(=O)c3c(O)c(-c4c(-c5ccc(O)c(OC)c5)oc5cc(O)cc(OC)c5c4=O)c(O)cc3o2)cc1. The van der Waals surface area contributed by atoms with Crippen molar-refractivity contribution in [3.63, 3.8) is 0 Å². The van der Waals surface area contributed by atoms with Gasteiger partial charge in [-0.25, -0.2) is 0 Å². The Labute approximate surface area is 248 Å². The van der Waals surface area contributed by atoms with Crippen LogP contribution >= 0.6 is 0 Å². The number of phenols is 4. The Morgan fingerprint density at radius 1 is 0.614 bits per heavy atom. The number of methoxy groups -OCH3 is 3. The molecule has 0 saturated heterocycles. The van der Waals surface area contributed by atoms with Gasteiger partial charge < -0.3 is 43.5 Å². The lowest BCUT2D eigenvalue weighted by atomic mass is 9.94. The van der Waals surface area contributed by atoms with Crippen molar-refractivity contribution in [2.45, 2.75) is 0 Å². The lowest BCUT2D eigenvalue weighted by Crippen LogP contribution is -2.10. The smallest absolute Gasteiger partial charge is 0.205 e. The molecule has 0 bridgehead atoms. The molecular formula is C33H24O11. The Balaban J connectivity index is 1.69. The van der Waals surface area contributed by atoms with Crippen LogP contribution in [0.3, 0.4) is 0 Å². The molecule has 0 unspecified atom stereocenters. The molecule has 0 spiro atoms. The Kier molecular flexibility index (Phi) is 6.77. The molecule has 6 rings (SSSR count). The van der Waals surface area contributed by atoms with E-state index in [-0.39, 0.29) is 67.6 Å². The van der Waals surface area contributed by atoms with E-state index in [0.29, 0.717) is 11.3 Å². The summed E-state index contributed by atoms with van der Waals surface area (Å²) in [6, 6.07) is 15.6. The van der Waals surface area contributed by atoms with Crippen LogP contribution in [0.15, 0.2) is 85.2 Å². The standard InChI is InChI=1S/C33H24O11/c1-40-18-7-4-15(5-8-18)22-13-20(36)27-26(43-22)14-21(37)28(31(27)38)30-32(39)29-24(42-3)11-17(34)12-25(29)44-33(30)16-6-9-19(35)23(10-16)41-2/h4-14,34-35,37-38H,1-3H3. The predicted octanol–water partition coefficient (Wildman–Crippen LogP) is 5.75. The number of aromatic hydroxyl groups is 4. The van der Waals surface area contributed by atoms with Gasteiger partial charge >= 0.3 is 0 Å². The molecule has 0 aliphatic carbocycles. The summed E-state index contributed by atoms with van der Waals surface area (Å²) in [5.41, 5.74) is -1.59. The van der Waals surface area contributed by atoms with Gasteiger partial charge in [-0.15, -0.1) is 0 Å². The number of benzene rings is 4. The summed E-state index contributed by atoms with van der Waals surface area (Å²) < 4.78 is 27.7. The lowest BCUT2D eigenvalue weighted by Gasteiger charge is -2.16. The maximum Gasteiger partial charge on any atom is 0.205 e. The largest absolute Gasteiger partial charge is 0.508 e. The van der Waals surface area contributed by atoms with E-state index in [9.17, 15) is 30.0 Å². The van der Waals surface area contributed by atoms with Crippen molar-refractivity contribution < 1.29 is 43.5 Å². The van der Waals surface area contributed by atoms with Crippen molar-refractivity contribution >= 4 is 21.9 Å². The average Bonchev–Trinajstić information content (AvgIpc) is 3.01. The zero-order valence-electron chi connectivity index (χ0n) is 23.5. The molecule has 6 aromatic rings. The van der Waals surface area contributed by atoms with Crippen LogP contribution in [0.1, 0.15) is 0 Å². The number of hydrogen-bond acceptors (Lipinski definition) is 11. The highest BCUT2D eigenvalue weighted by atomic mass is 16.5. The van der Waals surface area contributed by atoms with Crippen molar-refractivity contribution in [2.24, 2.45) is 0 Å². The molecule has 4 N–H and O–H groups in total. The molecule has 0 fully saturated rings. The molecule has 0 aliphatic rings. The van der Waals surface area contributed by atoms with Gasteiger partial charge in [-0.3, -0.25) is 9.59 Å². The van der Waals surface area contributed by atoms with Gasteiger partial charge in [0.1, 0.15) is 62.2 Å². The van der Waals surface area contributed by atoms with E-state index in [0.717, 1.165) is 6.07 Å². The molecule has 44 heavy (non-hydrogen) atoms. The van der Waals surface area contributed by atoms with Crippen LogP contribution in [0.4, 0.5) is 0 Å². The van der Waals surface area contributed by atoms with Crippen molar-refractivity contribution in [1.82, 2.24) is 0 Å².